The van der Waals surface area contributed by atoms with E-state index >= 15 is 0 Å². The van der Waals surface area contributed by atoms with E-state index in [0.29, 0.717) is 5.56 Å². The number of fused-ring (bicyclic) bond motifs is 1. The number of hydrogen-bond acceptors (Lipinski definition) is 7. The second-order valence-electron chi connectivity index (χ2n) is 6.48. The van der Waals surface area contributed by atoms with Crippen molar-refractivity contribution in [3.8, 4) is 11.6 Å². The number of aromatic hydroxyl groups is 1. The molecule has 8 nitrogen and oxygen atoms in total. The summed E-state index contributed by atoms with van der Waals surface area (Å²) in [5, 5.41) is 13.9. The summed E-state index contributed by atoms with van der Waals surface area (Å²) >= 11 is 0. The van der Waals surface area contributed by atoms with Crippen LogP contribution in [0.2, 0.25) is 0 Å². The first kappa shape index (κ1) is 18.6. The van der Waals surface area contributed by atoms with Gasteiger partial charge in [0.2, 0.25) is 17.8 Å². The average Bonchev–Trinajstić information content (AvgIpc) is 2.61. The van der Waals surface area contributed by atoms with Crippen LogP contribution in [-0.2, 0) is 0 Å². The molecule has 3 aromatic rings. The van der Waals surface area contributed by atoms with Gasteiger partial charge in [0.25, 0.3) is 5.56 Å². The number of aryl methyl sites for hydroxylation is 1. The number of anilines is 2. The summed E-state index contributed by atoms with van der Waals surface area (Å²) in [4.78, 5) is 27.9. The lowest BCUT2D eigenvalue weighted by molar-refractivity contribution is 0.415. The van der Waals surface area contributed by atoms with Crippen molar-refractivity contribution in [2.75, 3.05) is 12.4 Å². The van der Waals surface area contributed by atoms with Gasteiger partial charge in [-0.3, -0.25) is 15.1 Å². The first-order valence-electron chi connectivity index (χ1n) is 8.85. The van der Waals surface area contributed by atoms with Crippen LogP contribution in [0.4, 0.5) is 11.9 Å². The van der Waals surface area contributed by atoms with Crippen molar-refractivity contribution in [2.24, 2.45) is 0 Å². The largest absolute Gasteiger partial charge is 0.497 e. The molecule has 0 aliphatic rings. The van der Waals surface area contributed by atoms with E-state index in [2.05, 4.69) is 25.3 Å². The molecule has 0 spiro atoms. The van der Waals surface area contributed by atoms with Gasteiger partial charge in [0, 0.05) is 5.39 Å². The highest BCUT2D eigenvalue weighted by atomic mass is 16.5. The van der Waals surface area contributed by atoms with Gasteiger partial charge < -0.3 is 9.84 Å². The highest BCUT2D eigenvalue weighted by molar-refractivity contribution is 5.83. The lowest BCUT2D eigenvalue weighted by atomic mass is 9.99. The maximum absolute atomic E-state index is 12.4. The Balaban J connectivity index is 1.94. The summed E-state index contributed by atoms with van der Waals surface area (Å²) in [7, 11) is 1.60. The molecule has 0 bridgehead atoms. The molecule has 0 aliphatic heterocycles. The van der Waals surface area contributed by atoms with E-state index in [4.69, 9.17) is 4.74 Å². The molecule has 0 saturated heterocycles. The monoisotopic (exact) mass is 369 g/mol. The van der Waals surface area contributed by atoms with Crippen LogP contribution < -0.4 is 15.6 Å². The maximum Gasteiger partial charge on any atom is 0.259 e. The van der Waals surface area contributed by atoms with Crippen molar-refractivity contribution in [1.29, 1.82) is 0 Å². The Kier molecular flexibility index (Phi) is 5.25. The minimum atomic E-state index is -0.367. The van der Waals surface area contributed by atoms with Crippen molar-refractivity contribution in [3.63, 3.8) is 0 Å². The van der Waals surface area contributed by atoms with Gasteiger partial charge >= 0.3 is 0 Å². The topological polar surface area (TPSA) is 113 Å². The Hall–Kier alpha value is -3.16. The standard InChI is InChI=1S/C19H23N5O3/c1-5-6-10(2)15-16(25)22-19(23-17(15)26)24-18-20-11(3)13-9-12(27-4)7-8-14(13)21-18/h7-10H,5-6H2,1-4H3,(H3,20,21,22,23,24,25,26). The number of aromatic nitrogens is 4. The Morgan fingerprint density at radius 2 is 2.07 bits per heavy atom. The summed E-state index contributed by atoms with van der Waals surface area (Å²) in [6.45, 7) is 5.78. The van der Waals surface area contributed by atoms with Gasteiger partial charge in [0.1, 0.15) is 5.75 Å². The molecule has 142 valence electrons. The number of H-pyrrole nitrogens is 1. The number of rotatable bonds is 6. The van der Waals surface area contributed by atoms with Gasteiger partial charge in [-0.15, -0.1) is 0 Å². The number of hydrogen-bond donors (Lipinski definition) is 3. The summed E-state index contributed by atoms with van der Waals surface area (Å²) in [5.41, 5.74) is 1.41. The maximum atomic E-state index is 12.4. The fraction of sp³-hybridized carbons (Fsp3) is 0.368. The fourth-order valence-corrected chi connectivity index (χ4v) is 3.10. The number of nitrogens with one attached hydrogen (secondary N) is 2. The van der Waals surface area contributed by atoms with Gasteiger partial charge in [0.05, 0.1) is 23.9 Å². The molecule has 0 saturated carbocycles. The molecule has 0 aliphatic carbocycles. The van der Waals surface area contributed by atoms with Gasteiger partial charge in [-0.2, -0.15) is 4.98 Å². The normalized spacial score (nSPS) is 12.1. The van der Waals surface area contributed by atoms with Crippen LogP contribution >= 0.6 is 0 Å². The van der Waals surface area contributed by atoms with Crippen LogP contribution in [0.1, 0.15) is 43.9 Å². The summed E-state index contributed by atoms with van der Waals surface area (Å²) in [6.07, 6.45) is 1.70. The quantitative estimate of drug-likeness (QED) is 0.610. The van der Waals surface area contributed by atoms with Crippen LogP contribution in [0.15, 0.2) is 23.0 Å². The third-order valence-electron chi connectivity index (χ3n) is 4.47. The molecule has 1 atom stereocenters. The summed E-state index contributed by atoms with van der Waals surface area (Å²) < 4.78 is 5.23. The highest BCUT2D eigenvalue weighted by Crippen LogP contribution is 2.26. The van der Waals surface area contributed by atoms with E-state index in [1.54, 1.807) is 7.11 Å². The van der Waals surface area contributed by atoms with Crippen molar-refractivity contribution in [1.82, 2.24) is 19.9 Å². The zero-order valence-electron chi connectivity index (χ0n) is 15.8. The number of aromatic amines is 1. The second-order valence-corrected chi connectivity index (χ2v) is 6.48. The number of benzene rings is 1. The van der Waals surface area contributed by atoms with E-state index in [0.717, 1.165) is 35.2 Å². The lowest BCUT2D eigenvalue weighted by Gasteiger charge is -2.12. The zero-order chi connectivity index (χ0) is 19.6. The number of nitrogens with zero attached hydrogens (tertiary/aromatic N) is 3. The first-order chi connectivity index (χ1) is 12.9. The van der Waals surface area contributed by atoms with Crippen LogP contribution in [0.5, 0.6) is 11.6 Å². The zero-order valence-corrected chi connectivity index (χ0v) is 15.8. The van der Waals surface area contributed by atoms with Crippen molar-refractivity contribution in [2.45, 2.75) is 39.5 Å². The SMILES string of the molecule is CCCC(C)c1c(O)nc(Nc2nc(C)c3cc(OC)ccc3n2)[nH]c1=O. The van der Waals surface area contributed by atoms with Crippen molar-refractivity contribution < 1.29 is 9.84 Å². The molecular weight excluding hydrogens is 346 g/mol. The van der Waals surface area contributed by atoms with Crippen molar-refractivity contribution >= 4 is 22.8 Å². The lowest BCUT2D eigenvalue weighted by Crippen LogP contribution is -2.18. The van der Waals surface area contributed by atoms with E-state index < -0.39 is 0 Å². The molecule has 3 rings (SSSR count). The summed E-state index contributed by atoms with van der Waals surface area (Å²) in [5.74, 6) is 0.751. The van der Waals surface area contributed by atoms with E-state index in [1.165, 1.54) is 0 Å². The molecular formula is C19H23N5O3. The van der Waals surface area contributed by atoms with Crippen LogP contribution in [0.3, 0.4) is 0 Å². The molecule has 0 radical (unpaired) electrons. The van der Waals surface area contributed by atoms with Crippen LogP contribution in [-0.4, -0.2) is 32.2 Å². The Morgan fingerprint density at radius 3 is 2.74 bits per heavy atom. The Morgan fingerprint density at radius 1 is 1.30 bits per heavy atom. The third kappa shape index (κ3) is 3.84. The molecule has 27 heavy (non-hydrogen) atoms. The molecule has 0 amide bonds. The molecule has 8 heteroatoms. The predicted octanol–water partition coefficient (Wildman–Crippen LogP) is 3.38. The average molecular weight is 369 g/mol. The Labute approximate surface area is 156 Å². The molecule has 2 aromatic heterocycles. The fourth-order valence-electron chi connectivity index (χ4n) is 3.10. The van der Waals surface area contributed by atoms with Gasteiger partial charge in [-0.05, 0) is 37.5 Å². The van der Waals surface area contributed by atoms with Crippen LogP contribution in [0, 0.1) is 6.92 Å². The van der Waals surface area contributed by atoms with E-state index in [1.807, 2.05) is 39.0 Å². The molecule has 1 aromatic carbocycles. The molecule has 1 unspecified atom stereocenters. The van der Waals surface area contributed by atoms with Crippen molar-refractivity contribution in [3.05, 3.63) is 39.8 Å². The molecule has 0 fully saturated rings. The third-order valence-corrected chi connectivity index (χ3v) is 4.47. The smallest absolute Gasteiger partial charge is 0.259 e. The second kappa shape index (κ2) is 7.61. The van der Waals surface area contributed by atoms with E-state index in [-0.39, 0.29) is 29.3 Å². The number of methoxy groups -OCH3 is 1. The van der Waals surface area contributed by atoms with E-state index in [9.17, 15) is 9.90 Å². The Bertz CT molecular complexity index is 1030. The minimum absolute atomic E-state index is 0.0746. The predicted molar refractivity (Wildman–Crippen MR) is 104 cm³/mol. The minimum Gasteiger partial charge on any atom is -0.497 e. The van der Waals surface area contributed by atoms with Gasteiger partial charge in [-0.1, -0.05) is 20.3 Å². The summed E-state index contributed by atoms with van der Waals surface area (Å²) in [6, 6.07) is 5.51. The molecule has 3 N–H and O–H groups in total. The molecule has 2 heterocycles. The highest BCUT2D eigenvalue weighted by Gasteiger charge is 2.17. The van der Waals surface area contributed by atoms with Gasteiger partial charge in [-0.25, -0.2) is 9.97 Å². The number of ether oxygens (including phenoxy) is 1. The first-order valence-corrected chi connectivity index (χ1v) is 8.85. The van der Waals surface area contributed by atoms with Crippen LogP contribution in [0.25, 0.3) is 10.9 Å². The van der Waals surface area contributed by atoms with Gasteiger partial charge in [0.15, 0.2) is 0 Å².